The molecule has 19 heavy (non-hydrogen) atoms. The maximum atomic E-state index is 12.2. The first-order chi connectivity index (χ1) is 9.09. The van der Waals surface area contributed by atoms with Crippen LogP contribution in [0.15, 0.2) is 24.5 Å². The van der Waals surface area contributed by atoms with E-state index in [4.69, 9.17) is 5.11 Å². The lowest BCUT2D eigenvalue weighted by atomic mass is 9.98. The first-order valence-corrected chi connectivity index (χ1v) is 6.52. The topological polar surface area (TPSA) is 70.5 Å². The fourth-order valence-corrected chi connectivity index (χ4v) is 2.51. The van der Waals surface area contributed by atoms with Crippen LogP contribution in [0.1, 0.15) is 37.7 Å². The Bertz CT molecular complexity index is 461. The van der Waals surface area contributed by atoms with Crippen molar-refractivity contribution in [2.75, 3.05) is 6.54 Å². The van der Waals surface area contributed by atoms with Crippen molar-refractivity contribution in [1.82, 2.24) is 9.88 Å². The minimum absolute atomic E-state index is 0.0746. The van der Waals surface area contributed by atoms with E-state index in [2.05, 4.69) is 4.98 Å². The molecule has 2 atom stereocenters. The van der Waals surface area contributed by atoms with Gasteiger partial charge in [0.1, 0.15) is 6.04 Å². The molecule has 1 unspecified atom stereocenters. The number of hydrogen-bond donors (Lipinski definition) is 1. The smallest absolute Gasteiger partial charge is 0.326 e. The normalized spacial score (nSPS) is 20.3. The van der Waals surface area contributed by atoms with Crippen LogP contribution in [0.2, 0.25) is 0 Å². The molecule has 2 heterocycles. The van der Waals surface area contributed by atoms with Crippen LogP contribution in [0.25, 0.3) is 0 Å². The van der Waals surface area contributed by atoms with Gasteiger partial charge in [0.05, 0.1) is 0 Å². The van der Waals surface area contributed by atoms with E-state index in [1.807, 2.05) is 19.1 Å². The first kappa shape index (κ1) is 13.5. The van der Waals surface area contributed by atoms with Gasteiger partial charge in [0, 0.05) is 25.4 Å². The van der Waals surface area contributed by atoms with Gasteiger partial charge in [0.25, 0.3) is 0 Å². The number of aliphatic carboxylic acids is 1. The molecule has 0 radical (unpaired) electrons. The van der Waals surface area contributed by atoms with E-state index in [0.717, 1.165) is 12.0 Å². The number of hydrogen-bond acceptors (Lipinski definition) is 3. The van der Waals surface area contributed by atoms with E-state index in [1.165, 1.54) is 4.90 Å². The average Bonchev–Trinajstić information content (AvgIpc) is 2.89. The van der Waals surface area contributed by atoms with Gasteiger partial charge in [-0.2, -0.15) is 0 Å². The summed E-state index contributed by atoms with van der Waals surface area (Å²) in [6, 6.07) is 3.13. The Hall–Kier alpha value is -1.91. The summed E-state index contributed by atoms with van der Waals surface area (Å²) in [5, 5.41) is 9.08. The largest absolute Gasteiger partial charge is 0.480 e. The number of likely N-dealkylation sites (tertiary alicyclic amines) is 1. The summed E-state index contributed by atoms with van der Waals surface area (Å²) in [4.78, 5) is 28.7. The van der Waals surface area contributed by atoms with Crippen LogP contribution in [0.5, 0.6) is 0 Å². The van der Waals surface area contributed by atoms with Gasteiger partial charge in [0.15, 0.2) is 0 Å². The highest BCUT2D eigenvalue weighted by atomic mass is 16.4. The van der Waals surface area contributed by atoms with Crippen LogP contribution in [-0.2, 0) is 9.59 Å². The van der Waals surface area contributed by atoms with Crippen molar-refractivity contribution in [3.63, 3.8) is 0 Å². The third-order valence-corrected chi connectivity index (χ3v) is 3.61. The summed E-state index contributed by atoms with van der Waals surface area (Å²) in [6.45, 7) is 2.53. The molecule has 1 N–H and O–H groups in total. The minimum atomic E-state index is -0.901. The summed E-state index contributed by atoms with van der Waals surface area (Å²) in [5.74, 6) is -0.901. The van der Waals surface area contributed by atoms with E-state index in [-0.39, 0.29) is 11.8 Å². The van der Waals surface area contributed by atoms with E-state index in [9.17, 15) is 9.59 Å². The van der Waals surface area contributed by atoms with Gasteiger partial charge in [0.2, 0.25) is 5.91 Å². The Balaban J connectivity index is 1.99. The molecule has 1 aromatic heterocycles. The van der Waals surface area contributed by atoms with Crippen molar-refractivity contribution >= 4 is 11.9 Å². The predicted octanol–water partition coefficient (Wildman–Crippen LogP) is 1.65. The summed E-state index contributed by atoms with van der Waals surface area (Å²) < 4.78 is 0. The fraction of sp³-hybridized carbons (Fsp3) is 0.500. The Morgan fingerprint density at radius 3 is 2.79 bits per heavy atom. The molecule has 2 rings (SSSR count). The summed E-state index contributed by atoms with van der Waals surface area (Å²) in [5.41, 5.74) is 1.05. The van der Waals surface area contributed by atoms with Gasteiger partial charge in [-0.05, 0) is 36.5 Å². The van der Waals surface area contributed by atoms with Crippen molar-refractivity contribution in [3.05, 3.63) is 30.1 Å². The van der Waals surface area contributed by atoms with Gasteiger partial charge in [-0.3, -0.25) is 9.78 Å². The van der Waals surface area contributed by atoms with Gasteiger partial charge in [-0.1, -0.05) is 6.92 Å². The van der Waals surface area contributed by atoms with Gasteiger partial charge in [-0.15, -0.1) is 0 Å². The number of carboxylic acid groups (broad SMARTS) is 1. The number of aromatic nitrogens is 1. The zero-order valence-corrected chi connectivity index (χ0v) is 11.0. The number of carbonyl (C=O) groups excluding carboxylic acids is 1. The lowest BCUT2D eigenvalue weighted by Crippen LogP contribution is -2.40. The Morgan fingerprint density at radius 2 is 2.16 bits per heavy atom. The maximum absolute atomic E-state index is 12.2. The molecule has 0 aliphatic carbocycles. The number of rotatable bonds is 4. The second kappa shape index (κ2) is 5.82. The fourth-order valence-electron chi connectivity index (χ4n) is 2.51. The number of pyridine rings is 1. The zero-order valence-electron chi connectivity index (χ0n) is 11.0. The van der Waals surface area contributed by atoms with Crippen LogP contribution < -0.4 is 0 Å². The molecule has 5 nitrogen and oxygen atoms in total. The highest BCUT2D eigenvalue weighted by Gasteiger charge is 2.34. The molecule has 102 valence electrons. The molecular weight excluding hydrogens is 244 g/mol. The van der Waals surface area contributed by atoms with E-state index < -0.39 is 12.0 Å². The van der Waals surface area contributed by atoms with E-state index in [0.29, 0.717) is 19.4 Å². The zero-order chi connectivity index (χ0) is 13.8. The second-order valence-electron chi connectivity index (χ2n) is 4.97. The number of carbonyl (C=O) groups is 2. The third-order valence-electron chi connectivity index (χ3n) is 3.61. The van der Waals surface area contributed by atoms with Crippen molar-refractivity contribution in [1.29, 1.82) is 0 Å². The van der Waals surface area contributed by atoms with Gasteiger partial charge >= 0.3 is 5.97 Å². The molecule has 5 heteroatoms. The van der Waals surface area contributed by atoms with E-state index in [1.54, 1.807) is 12.4 Å². The molecular formula is C14H18N2O3. The Morgan fingerprint density at radius 1 is 1.47 bits per heavy atom. The van der Waals surface area contributed by atoms with Gasteiger partial charge < -0.3 is 10.0 Å². The number of nitrogens with zero attached hydrogens (tertiary/aromatic N) is 2. The summed E-state index contributed by atoms with van der Waals surface area (Å²) >= 11 is 0. The van der Waals surface area contributed by atoms with Crippen LogP contribution in [0.4, 0.5) is 0 Å². The molecule has 1 aliphatic heterocycles. The second-order valence-corrected chi connectivity index (χ2v) is 4.97. The molecule has 1 amide bonds. The van der Waals surface area contributed by atoms with Crippen LogP contribution >= 0.6 is 0 Å². The molecule has 0 saturated carbocycles. The molecule has 0 bridgehead atoms. The molecule has 1 saturated heterocycles. The lowest BCUT2D eigenvalue weighted by Gasteiger charge is -2.23. The SMILES string of the molecule is CC(CC(=O)N1CCC[C@@H]1C(=O)O)c1ccncc1. The number of amides is 1. The minimum Gasteiger partial charge on any atom is -0.480 e. The molecule has 1 aromatic rings. The van der Waals surface area contributed by atoms with Crippen LogP contribution in [-0.4, -0.2) is 39.5 Å². The Kier molecular flexibility index (Phi) is 4.14. The van der Waals surface area contributed by atoms with Crippen molar-refractivity contribution in [2.45, 2.75) is 38.1 Å². The Labute approximate surface area is 112 Å². The van der Waals surface area contributed by atoms with Crippen molar-refractivity contribution < 1.29 is 14.7 Å². The van der Waals surface area contributed by atoms with Crippen LogP contribution in [0, 0.1) is 0 Å². The van der Waals surface area contributed by atoms with E-state index >= 15 is 0 Å². The molecule has 1 fully saturated rings. The molecule has 0 spiro atoms. The van der Waals surface area contributed by atoms with Crippen LogP contribution in [0.3, 0.4) is 0 Å². The van der Waals surface area contributed by atoms with Gasteiger partial charge in [-0.25, -0.2) is 4.79 Å². The summed E-state index contributed by atoms with van der Waals surface area (Å²) in [7, 11) is 0. The number of carboxylic acids is 1. The highest BCUT2D eigenvalue weighted by molar-refractivity contribution is 5.84. The summed E-state index contributed by atoms with van der Waals surface area (Å²) in [6.07, 6.45) is 5.07. The first-order valence-electron chi connectivity index (χ1n) is 6.52. The lowest BCUT2D eigenvalue weighted by molar-refractivity contribution is -0.148. The third kappa shape index (κ3) is 3.10. The van der Waals surface area contributed by atoms with Crippen molar-refractivity contribution in [3.8, 4) is 0 Å². The standard InChI is InChI=1S/C14H18N2O3/c1-10(11-4-6-15-7-5-11)9-13(17)16-8-2-3-12(16)14(18)19/h4-7,10,12H,2-3,8-9H2,1H3,(H,18,19)/t10?,12-/m1/s1. The molecule has 0 aromatic carbocycles. The molecule has 1 aliphatic rings. The quantitative estimate of drug-likeness (QED) is 0.895. The maximum Gasteiger partial charge on any atom is 0.326 e. The highest BCUT2D eigenvalue weighted by Crippen LogP contribution is 2.23. The van der Waals surface area contributed by atoms with Crippen molar-refractivity contribution in [2.24, 2.45) is 0 Å². The average molecular weight is 262 g/mol. The predicted molar refractivity (Wildman–Crippen MR) is 69.6 cm³/mol. The monoisotopic (exact) mass is 262 g/mol.